The van der Waals surface area contributed by atoms with Crippen LogP contribution in [-0.2, 0) is 13.0 Å². The first kappa shape index (κ1) is 15.6. The van der Waals surface area contributed by atoms with Crippen LogP contribution in [0.5, 0.6) is 5.75 Å². The van der Waals surface area contributed by atoms with Gasteiger partial charge in [0.05, 0.1) is 0 Å². The van der Waals surface area contributed by atoms with Crippen LogP contribution in [0.4, 0.5) is 0 Å². The molecule has 2 aromatic carbocycles. The number of aryl methyl sites for hydroxylation is 1. The van der Waals surface area contributed by atoms with E-state index in [-0.39, 0.29) is 0 Å². The van der Waals surface area contributed by atoms with Crippen molar-refractivity contribution < 1.29 is 5.11 Å². The van der Waals surface area contributed by atoms with Gasteiger partial charge in [-0.25, -0.2) is 0 Å². The molecule has 0 saturated heterocycles. The molecule has 2 heteroatoms. The van der Waals surface area contributed by atoms with E-state index in [1.54, 1.807) is 12.1 Å². The standard InChI is InChI=1S/C19H25NO/c1-16(2)20(15-18-7-4-3-5-8-18)14-6-9-17-10-12-19(21)13-11-17/h3-5,7-8,10-13,16,21H,6,9,14-15H2,1-2H3. The fraction of sp³-hybridized carbons (Fsp3) is 0.368. The second kappa shape index (κ2) is 7.84. The third-order valence-corrected chi connectivity index (χ3v) is 3.81. The summed E-state index contributed by atoms with van der Waals surface area (Å²) in [5, 5.41) is 9.30. The van der Waals surface area contributed by atoms with E-state index in [2.05, 4.69) is 49.1 Å². The quantitative estimate of drug-likeness (QED) is 0.821. The zero-order valence-corrected chi connectivity index (χ0v) is 13.0. The molecule has 21 heavy (non-hydrogen) atoms. The molecule has 0 atom stereocenters. The Kier molecular flexibility index (Phi) is 5.82. The van der Waals surface area contributed by atoms with Crippen LogP contribution in [-0.4, -0.2) is 22.6 Å². The Morgan fingerprint density at radius 3 is 2.19 bits per heavy atom. The normalized spacial score (nSPS) is 11.2. The van der Waals surface area contributed by atoms with E-state index in [4.69, 9.17) is 0 Å². The third-order valence-electron chi connectivity index (χ3n) is 3.81. The number of benzene rings is 2. The lowest BCUT2D eigenvalue weighted by Gasteiger charge is -2.26. The molecular formula is C19H25NO. The van der Waals surface area contributed by atoms with Gasteiger partial charge in [0, 0.05) is 12.6 Å². The van der Waals surface area contributed by atoms with Crippen molar-refractivity contribution in [2.75, 3.05) is 6.54 Å². The maximum atomic E-state index is 9.30. The number of hydrogen-bond donors (Lipinski definition) is 1. The molecule has 2 aromatic rings. The first-order valence-corrected chi connectivity index (χ1v) is 7.71. The van der Waals surface area contributed by atoms with Crippen molar-refractivity contribution in [3.63, 3.8) is 0 Å². The average Bonchev–Trinajstić information content (AvgIpc) is 2.49. The Labute approximate surface area is 128 Å². The van der Waals surface area contributed by atoms with Crippen molar-refractivity contribution in [3.8, 4) is 5.75 Å². The zero-order valence-electron chi connectivity index (χ0n) is 13.0. The molecule has 0 spiro atoms. The topological polar surface area (TPSA) is 23.5 Å². The van der Waals surface area contributed by atoms with Crippen LogP contribution in [0.3, 0.4) is 0 Å². The molecule has 2 nitrogen and oxygen atoms in total. The predicted octanol–water partition coefficient (Wildman–Crippen LogP) is 4.24. The van der Waals surface area contributed by atoms with Crippen molar-refractivity contribution in [1.29, 1.82) is 0 Å². The van der Waals surface area contributed by atoms with E-state index in [1.165, 1.54) is 11.1 Å². The number of rotatable bonds is 7. The van der Waals surface area contributed by atoms with E-state index >= 15 is 0 Å². The highest BCUT2D eigenvalue weighted by atomic mass is 16.3. The number of phenols is 1. The second-order valence-electron chi connectivity index (χ2n) is 5.82. The summed E-state index contributed by atoms with van der Waals surface area (Å²) < 4.78 is 0. The zero-order chi connectivity index (χ0) is 15.1. The van der Waals surface area contributed by atoms with Crippen molar-refractivity contribution in [3.05, 3.63) is 65.7 Å². The predicted molar refractivity (Wildman–Crippen MR) is 88.4 cm³/mol. The van der Waals surface area contributed by atoms with E-state index in [1.807, 2.05) is 12.1 Å². The molecular weight excluding hydrogens is 258 g/mol. The molecule has 0 aliphatic rings. The third kappa shape index (κ3) is 5.24. The van der Waals surface area contributed by atoms with Crippen LogP contribution in [0, 0.1) is 0 Å². The van der Waals surface area contributed by atoms with Gasteiger partial charge in [0.2, 0.25) is 0 Å². The molecule has 0 unspecified atom stereocenters. The molecule has 0 aliphatic heterocycles. The molecule has 0 heterocycles. The Morgan fingerprint density at radius 1 is 0.905 bits per heavy atom. The molecule has 0 saturated carbocycles. The van der Waals surface area contributed by atoms with Crippen LogP contribution in [0.2, 0.25) is 0 Å². The van der Waals surface area contributed by atoms with Gasteiger partial charge in [0.25, 0.3) is 0 Å². The van der Waals surface area contributed by atoms with Gasteiger partial charge in [0.15, 0.2) is 0 Å². The Hall–Kier alpha value is -1.80. The SMILES string of the molecule is CC(C)N(CCCc1ccc(O)cc1)Cc1ccccc1. The van der Waals surface area contributed by atoms with Gasteiger partial charge < -0.3 is 5.11 Å². The van der Waals surface area contributed by atoms with Crippen molar-refractivity contribution in [2.24, 2.45) is 0 Å². The molecule has 0 bridgehead atoms. The molecule has 0 amide bonds. The fourth-order valence-corrected chi connectivity index (χ4v) is 2.49. The molecule has 112 valence electrons. The number of nitrogens with zero attached hydrogens (tertiary/aromatic N) is 1. The molecule has 2 rings (SSSR count). The minimum Gasteiger partial charge on any atom is -0.508 e. The van der Waals surface area contributed by atoms with Gasteiger partial charge in [-0.1, -0.05) is 42.5 Å². The monoisotopic (exact) mass is 283 g/mol. The minimum atomic E-state index is 0.339. The first-order chi connectivity index (χ1) is 10.1. The van der Waals surface area contributed by atoms with Crippen LogP contribution < -0.4 is 0 Å². The van der Waals surface area contributed by atoms with Gasteiger partial charge in [-0.05, 0) is 56.5 Å². The van der Waals surface area contributed by atoms with E-state index in [0.717, 1.165) is 25.9 Å². The first-order valence-electron chi connectivity index (χ1n) is 7.71. The van der Waals surface area contributed by atoms with Gasteiger partial charge in [0.1, 0.15) is 5.75 Å². The summed E-state index contributed by atoms with van der Waals surface area (Å²) in [7, 11) is 0. The highest BCUT2D eigenvalue weighted by Gasteiger charge is 2.09. The van der Waals surface area contributed by atoms with Crippen LogP contribution in [0.1, 0.15) is 31.4 Å². The molecule has 0 aromatic heterocycles. The lowest BCUT2D eigenvalue weighted by molar-refractivity contribution is 0.210. The highest BCUT2D eigenvalue weighted by Crippen LogP contribution is 2.13. The van der Waals surface area contributed by atoms with Crippen molar-refractivity contribution in [1.82, 2.24) is 4.90 Å². The van der Waals surface area contributed by atoms with Gasteiger partial charge in [-0.3, -0.25) is 4.90 Å². The largest absolute Gasteiger partial charge is 0.508 e. The summed E-state index contributed by atoms with van der Waals surface area (Å²) in [5.74, 6) is 0.339. The average molecular weight is 283 g/mol. The molecule has 0 radical (unpaired) electrons. The van der Waals surface area contributed by atoms with E-state index in [9.17, 15) is 5.11 Å². The van der Waals surface area contributed by atoms with E-state index < -0.39 is 0 Å². The van der Waals surface area contributed by atoms with Gasteiger partial charge in [-0.15, -0.1) is 0 Å². The van der Waals surface area contributed by atoms with Gasteiger partial charge in [-0.2, -0.15) is 0 Å². The fourth-order valence-electron chi connectivity index (χ4n) is 2.49. The molecule has 1 N–H and O–H groups in total. The molecule has 0 fully saturated rings. The highest BCUT2D eigenvalue weighted by molar-refractivity contribution is 5.25. The smallest absolute Gasteiger partial charge is 0.115 e. The summed E-state index contributed by atoms with van der Waals surface area (Å²) >= 11 is 0. The Bertz CT molecular complexity index is 519. The number of aromatic hydroxyl groups is 1. The van der Waals surface area contributed by atoms with Gasteiger partial charge >= 0.3 is 0 Å². The number of phenolic OH excluding ortho intramolecular Hbond substituents is 1. The molecule has 0 aliphatic carbocycles. The van der Waals surface area contributed by atoms with Crippen molar-refractivity contribution in [2.45, 2.75) is 39.3 Å². The maximum absolute atomic E-state index is 9.30. The maximum Gasteiger partial charge on any atom is 0.115 e. The summed E-state index contributed by atoms with van der Waals surface area (Å²) in [6, 6.07) is 18.7. The lowest BCUT2D eigenvalue weighted by atomic mass is 10.1. The van der Waals surface area contributed by atoms with Crippen LogP contribution >= 0.6 is 0 Å². The van der Waals surface area contributed by atoms with Crippen LogP contribution in [0.25, 0.3) is 0 Å². The van der Waals surface area contributed by atoms with Crippen molar-refractivity contribution >= 4 is 0 Å². The minimum absolute atomic E-state index is 0.339. The second-order valence-corrected chi connectivity index (χ2v) is 5.82. The summed E-state index contributed by atoms with van der Waals surface area (Å²) in [6.45, 7) is 6.61. The Balaban J connectivity index is 1.84. The lowest BCUT2D eigenvalue weighted by Crippen LogP contribution is -2.31. The Morgan fingerprint density at radius 2 is 1.57 bits per heavy atom. The van der Waals surface area contributed by atoms with E-state index in [0.29, 0.717) is 11.8 Å². The number of hydrogen-bond acceptors (Lipinski definition) is 2. The van der Waals surface area contributed by atoms with Crippen LogP contribution in [0.15, 0.2) is 54.6 Å². The summed E-state index contributed by atoms with van der Waals surface area (Å²) in [5.41, 5.74) is 2.66. The summed E-state index contributed by atoms with van der Waals surface area (Å²) in [6.07, 6.45) is 2.19. The summed E-state index contributed by atoms with van der Waals surface area (Å²) in [4.78, 5) is 2.51.